The van der Waals surface area contributed by atoms with E-state index in [1.807, 2.05) is 0 Å². The van der Waals surface area contributed by atoms with Gasteiger partial charge in [-0.25, -0.2) is 19.1 Å². The zero-order valence-corrected chi connectivity index (χ0v) is 19.1. The van der Waals surface area contributed by atoms with Crippen LogP contribution in [-0.4, -0.2) is 20.3 Å². The number of aliphatic hydroxyl groups is 1. The number of aryl methyl sites for hydroxylation is 2. The molecule has 1 heterocycles. The van der Waals surface area contributed by atoms with Crippen LogP contribution in [0.5, 0.6) is 0 Å². The van der Waals surface area contributed by atoms with E-state index in [0.29, 0.717) is 5.01 Å². The van der Waals surface area contributed by atoms with E-state index in [4.69, 9.17) is 5.14 Å². The summed E-state index contributed by atoms with van der Waals surface area (Å²) in [5.41, 5.74) is 4.60. The quantitative estimate of drug-likeness (QED) is 0.659. The van der Waals surface area contributed by atoms with Gasteiger partial charge in [-0.1, -0.05) is 6.07 Å². The van der Waals surface area contributed by atoms with E-state index in [1.54, 1.807) is 13.8 Å². The molecular weight excluding hydrogens is 428 g/mol. The number of fused-ring (bicyclic) bond motifs is 2. The Hall–Kier alpha value is -1.46. The van der Waals surface area contributed by atoms with E-state index >= 15 is 0 Å². The van der Waals surface area contributed by atoms with Gasteiger partial charge >= 0.3 is 6.03 Å². The van der Waals surface area contributed by atoms with Crippen LogP contribution in [0.3, 0.4) is 0 Å². The Kier molecular flexibility index (Phi) is 6.13. The second-order valence-corrected chi connectivity index (χ2v) is 10.9. The zero-order valence-electron chi connectivity index (χ0n) is 16.4. The highest BCUT2D eigenvalue weighted by Crippen LogP contribution is 2.38. The van der Waals surface area contributed by atoms with Gasteiger partial charge in [-0.15, -0.1) is 15.7 Å². The summed E-state index contributed by atoms with van der Waals surface area (Å²) >= 11 is 1.000. The number of nitrogens with one attached hydrogen (secondary N) is 1. The smallest absolute Gasteiger partial charge is 0.354 e. The number of rotatable bonds is 3. The molecule has 1 unspecified atom stereocenters. The molecule has 0 saturated carbocycles. The summed E-state index contributed by atoms with van der Waals surface area (Å²) in [7, 11) is -3.44. The van der Waals surface area contributed by atoms with Crippen molar-refractivity contribution in [1.29, 1.82) is 0 Å². The monoisotopic (exact) mass is 454 g/mol. The number of anilines is 1. The first kappa shape index (κ1) is 22.2. The number of nitrogens with two attached hydrogens (primary N) is 1. The largest absolute Gasteiger partial charge is 0.383 e. The number of aromatic nitrogens is 1. The molecule has 1 atom stereocenters. The second-order valence-electron chi connectivity index (χ2n) is 7.87. The van der Waals surface area contributed by atoms with Crippen molar-refractivity contribution >= 4 is 46.5 Å². The summed E-state index contributed by atoms with van der Waals surface area (Å²) in [5, 5.41) is 19.1. The fourth-order valence-corrected chi connectivity index (χ4v) is 6.01. The van der Waals surface area contributed by atoms with Crippen LogP contribution in [-0.2, 0) is 41.2 Å². The van der Waals surface area contributed by atoms with Crippen LogP contribution in [0.15, 0.2) is 20.8 Å². The van der Waals surface area contributed by atoms with E-state index in [9.17, 15) is 14.1 Å². The van der Waals surface area contributed by atoms with Crippen molar-refractivity contribution in [2.45, 2.75) is 62.2 Å². The first-order valence-electron chi connectivity index (χ1n) is 9.36. The predicted molar refractivity (Wildman–Crippen MR) is 120 cm³/mol. The van der Waals surface area contributed by atoms with Gasteiger partial charge in [0.25, 0.3) is 0 Å². The maximum absolute atomic E-state index is 12.8. The van der Waals surface area contributed by atoms with Crippen molar-refractivity contribution in [3.63, 3.8) is 0 Å². The third-order valence-corrected chi connectivity index (χ3v) is 8.41. The van der Waals surface area contributed by atoms with Crippen LogP contribution in [0.2, 0.25) is 0 Å². The van der Waals surface area contributed by atoms with Gasteiger partial charge in [-0.3, -0.25) is 0 Å². The van der Waals surface area contributed by atoms with Gasteiger partial charge in [-0.2, -0.15) is 13.5 Å². The van der Waals surface area contributed by atoms with Crippen molar-refractivity contribution in [3.8, 4) is 0 Å². The van der Waals surface area contributed by atoms with E-state index in [-0.39, 0.29) is 17.7 Å². The molecule has 7 nitrogen and oxygen atoms in total. The van der Waals surface area contributed by atoms with Crippen LogP contribution in [0.1, 0.15) is 54.0 Å². The molecule has 2 aliphatic rings. The summed E-state index contributed by atoms with van der Waals surface area (Å²) in [6.07, 6.45) is 7.38. The number of benzene rings is 1. The minimum Gasteiger partial charge on any atom is -0.383 e. The molecule has 0 spiro atoms. The van der Waals surface area contributed by atoms with Gasteiger partial charge in [0.2, 0.25) is 0 Å². The summed E-state index contributed by atoms with van der Waals surface area (Å²) < 4.78 is 16.8. The lowest BCUT2D eigenvalue weighted by atomic mass is 9.99. The number of nitrogens with zero attached hydrogens (tertiary/aromatic N) is 2. The Morgan fingerprint density at radius 3 is 2.34 bits per heavy atom. The Bertz CT molecular complexity index is 1050. The average Bonchev–Trinajstić information content (AvgIpc) is 3.33. The zero-order chi connectivity index (χ0) is 20.1. The van der Waals surface area contributed by atoms with E-state index in [1.165, 1.54) is 28.5 Å². The summed E-state index contributed by atoms with van der Waals surface area (Å²) in [5.74, 6) is 0. The molecule has 1 aromatic heterocycles. The van der Waals surface area contributed by atoms with Crippen molar-refractivity contribution in [3.05, 3.63) is 39.5 Å². The van der Waals surface area contributed by atoms with Gasteiger partial charge in [0.15, 0.2) is 9.92 Å². The summed E-state index contributed by atoms with van der Waals surface area (Å²) in [6, 6.07) is 1.57. The molecular formula is C19H26N4O3S3. The molecule has 2 amide bonds. The second kappa shape index (κ2) is 7.99. The lowest BCUT2D eigenvalue weighted by Crippen LogP contribution is -2.18. The standard InChI is InChI=1S/C19H24N4O3S2.H2S/c1-19(2,25)17-21-10-15(27-17)28(20,26)23-18(24)22-16-13-7-3-5-11(13)9-12-6-4-8-14(12)16;/h9-10,25H,3-8H2,1-2H3,(H3,20,22,23,24,26);1H2. The van der Waals surface area contributed by atoms with Gasteiger partial charge in [0.1, 0.15) is 14.8 Å². The first-order chi connectivity index (χ1) is 13.1. The van der Waals surface area contributed by atoms with Gasteiger partial charge in [0.05, 0.1) is 6.20 Å². The highest BCUT2D eigenvalue weighted by Gasteiger charge is 2.26. The molecule has 158 valence electrons. The van der Waals surface area contributed by atoms with Crippen LogP contribution < -0.4 is 10.5 Å². The van der Waals surface area contributed by atoms with Crippen molar-refractivity contribution < 1.29 is 14.1 Å². The fourth-order valence-electron chi connectivity index (χ4n) is 3.94. The molecule has 29 heavy (non-hydrogen) atoms. The lowest BCUT2D eigenvalue weighted by Gasteiger charge is -2.15. The third kappa shape index (κ3) is 4.36. The average molecular weight is 455 g/mol. The molecule has 4 rings (SSSR count). The Morgan fingerprint density at radius 1 is 1.24 bits per heavy atom. The van der Waals surface area contributed by atoms with Crippen molar-refractivity contribution in [2.24, 2.45) is 9.50 Å². The first-order valence-corrected chi connectivity index (χ1v) is 11.8. The molecule has 4 N–H and O–H groups in total. The van der Waals surface area contributed by atoms with Crippen LogP contribution in [0, 0.1) is 0 Å². The maximum Gasteiger partial charge on any atom is 0.354 e. The molecule has 0 saturated heterocycles. The molecule has 0 radical (unpaired) electrons. The maximum atomic E-state index is 12.8. The van der Waals surface area contributed by atoms with E-state index in [2.05, 4.69) is 20.7 Å². The minimum atomic E-state index is -3.44. The van der Waals surface area contributed by atoms with Gasteiger partial charge < -0.3 is 10.4 Å². The highest BCUT2D eigenvalue weighted by molar-refractivity contribution is 7.93. The molecule has 1 aromatic carbocycles. The van der Waals surface area contributed by atoms with Crippen LogP contribution in [0.4, 0.5) is 10.5 Å². The molecule has 0 fully saturated rings. The SMILES string of the molecule is CC(C)(O)c1ncc(S(N)(=O)=NC(=O)Nc2c3c(cc4c2CCC4)CCC3)s1.S. The predicted octanol–water partition coefficient (Wildman–Crippen LogP) is 3.39. The highest BCUT2D eigenvalue weighted by atomic mass is 32.2. The Balaban J connectivity index is 0.00000240. The molecule has 0 aliphatic heterocycles. The number of hydrogen-bond acceptors (Lipinski definition) is 5. The van der Waals surface area contributed by atoms with Gasteiger partial charge in [-0.05, 0) is 74.6 Å². The third-order valence-electron chi connectivity index (χ3n) is 5.22. The molecule has 2 aliphatic carbocycles. The Labute approximate surface area is 181 Å². The normalized spacial score (nSPS) is 17.1. The Morgan fingerprint density at radius 2 is 1.83 bits per heavy atom. The fraction of sp³-hybridized carbons (Fsp3) is 0.474. The topological polar surface area (TPSA) is 118 Å². The van der Waals surface area contributed by atoms with Crippen molar-refractivity contribution in [1.82, 2.24) is 4.98 Å². The molecule has 10 heteroatoms. The van der Waals surface area contributed by atoms with E-state index < -0.39 is 21.5 Å². The van der Waals surface area contributed by atoms with Crippen LogP contribution in [0.25, 0.3) is 0 Å². The van der Waals surface area contributed by atoms with E-state index in [0.717, 1.165) is 55.5 Å². The molecule has 0 bridgehead atoms. The minimum absolute atomic E-state index is 0. The summed E-state index contributed by atoms with van der Waals surface area (Å²) in [4.78, 5) is 16.7. The number of carbonyl (C=O) groups is 1. The number of carbonyl (C=O) groups excluding carboxylic acids is 1. The number of urea groups is 1. The number of hydrogen-bond donors (Lipinski definition) is 3. The lowest BCUT2D eigenvalue weighted by molar-refractivity contribution is 0.0783. The number of amides is 2. The number of thiazole rings is 1. The molecule has 2 aromatic rings. The van der Waals surface area contributed by atoms with Gasteiger partial charge in [0, 0.05) is 5.69 Å². The van der Waals surface area contributed by atoms with Crippen LogP contribution >= 0.6 is 24.8 Å². The summed E-state index contributed by atoms with van der Waals surface area (Å²) in [6.45, 7) is 3.16. The van der Waals surface area contributed by atoms with Crippen molar-refractivity contribution in [2.75, 3.05) is 5.32 Å².